The van der Waals surface area contributed by atoms with E-state index in [0.29, 0.717) is 5.16 Å². The first-order valence-electron chi connectivity index (χ1n) is 8.43. The van der Waals surface area contributed by atoms with E-state index in [9.17, 15) is 18.0 Å². The van der Waals surface area contributed by atoms with Crippen molar-refractivity contribution in [1.82, 2.24) is 25.5 Å². The molecule has 11 heteroatoms. The molecule has 3 rings (SSSR count). The van der Waals surface area contributed by atoms with E-state index in [1.54, 1.807) is 10.7 Å². The quantitative estimate of drug-likeness (QED) is 0.718. The van der Waals surface area contributed by atoms with Crippen molar-refractivity contribution >= 4 is 17.7 Å². The van der Waals surface area contributed by atoms with Gasteiger partial charge in [0.25, 0.3) is 0 Å². The fourth-order valence-corrected chi connectivity index (χ4v) is 3.68. The minimum Gasteiger partial charge on any atom is -0.405 e. The number of halogens is 3. The second-order valence-corrected chi connectivity index (χ2v) is 7.01. The highest BCUT2D eigenvalue weighted by atomic mass is 32.2. The van der Waals surface area contributed by atoms with Gasteiger partial charge in [-0.1, -0.05) is 42.8 Å². The molecule has 0 spiro atoms. The van der Waals surface area contributed by atoms with Gasteiger partial charge in [0.15, 0.2) is 0 Å². The molecule has 1 aromatic heterocycles. The van der Waals surface area contributed by atoms with Crippen molar-refractivity contribution in [3.8, 4) is 5.75 Å². The number of tetrazole rings is 1. The molecular weight excluding hydrogens is 383 g/mol. The molecule has 27 heavy (non-hydrogen) atoms. The Morgan fingerprint density at radius 2 is 2.04 bits per heavy atom. The van der Waals surface area contributed by atoms with E-state index in [2.05, 4.69) is 25.6 Å². The van der Waals surface area contributed by atoms with Gasteiger partial charge in [-0.05, 0) is 29.3 Å². The first kappa shape index (κ1) is 19.5. The Labute approximate surface area is 157 Å². The van der Waals surface area contributed by atoms with Gasteiger partial charge in [-0.25, -0.2) is 4.68 Å². The number of amides is 1. The van der Waals surface area contributed by atoms with Gasteiger partial charge in [-0.15, -0.1) is 18.3 Å². The summed E-state index contributed by atoms with van der Waals surface area (Å²) >= 11 is 1.20. The summed E-state index contributed by atoms with van der Waals surface area (Å²) in [5, 5.41) is 14.8. The molecule has 1 saturated carbocycles. The summed E-state index contributed by atoms with van der Waals surface area (Å²) in [4.78, 5) is 12.1. The van der Waals surface area contributed by atoms with Crippen molar-refractivity contribution in [2.45, 2.75) is 49.8 Å². The summed E-state index contributed by atoms with van der Waals surface area (Å²) < 4.78 is 43.0. The first-order valence-corrected chi connectivity index (χ1v) is 9.42. The molecule has 0 aliphatic heterocycles. The number of thioether (sulfide) groups is 1. The maximum absolute atomic E-state index is 12.4. The van der Waals surface area contributed by atoms with Gasteiger partial charge in [-0.3, -0.25) is 4.79 Å². The average molecular weight is 401 g/mol. The van der Waals surface area contributed by atoms with Crippen LogP contribution in [0.4, 0.5) is 13.2 Å². The van der Waals surface area contributed by atoms with Crippen molar-refractivity contribution in [3.05, 3.63) is 29.8 Å². The molecule has 1 aliphatic rings. The molecule has 0 bridgehead atoms. The largest absolute Gasteiger partial charge is 0.573 e. The number of benzene rings is 1. The van der Waals surface area contributed by atoms with Crippen LogP contribution >= 0.6 is 11.8 Å². The Hall–Kier alpha value is -2.30. The zero-order valence-corrected chi connectivity index (χ0v) is 15.1. The lowest BCUT2D eigenvalue weighted by atomic mass is 10.2. The summed E-state index contributed by atoms with van der Waals surface area (Å²) in [6, 6.07) is 5.95. The lowest BCUT2D eigenvalue weighted by Crippen LogP contribution is -2.26. The topological polar surface area (TPSA) is 81.9 Å². The minimum atomic E-state index is -4.78. The van der Waals surface area contributed by atoms with Crippen molar-refractivity contribution in [2.24, 2.45) is 0 Å². The van der Waals surface area contributed by atoms with Crippen molar-refractivity contribution in [2.75, 3.05) is 5.75 Å². The maximum atomic E-state index is 12.4. The molecule has 0 saturated heterocycles. The third kappa shape index (κ3) is 5.59. The molecule has 0 atom stereocenters. The molecule has 7 nitrogen and oxygen atoms in total. The number of carbonyl (C=O) groups is 1. The lowest BCUT2D eigenvalue weighted by molar-refractivity contribution is -0.274. The summed E-state index contributed by atoms with van der Waals surface area (Å²) in [6.45, 7) is -0.0702. The highest BCUT2D eigenvalue weighted by Crippen LogP contribution is 2.31. The monoisotopic (exact) mass is 401 g/mol. The van der Waals surface area contributed by atoms with Gasteiger partial charge in [0.05, 0.1) is 11.8 Å². The number of nitrogens with zero attached hydrogens (tertiary/aromatic N) is 4. The lowest BCUT2D eigenvalue weighted by Gasteiger charge is -2.13. The number of nitrogens with one attached hydrogen (secondary N) is 1. The van der Waals surface area contributed by atoms with Crippen LogP contribution in [0.25, 0.3) is 0 Å². The average Bonchev–Trinajstić information content (AvgIpc) is 3.28. The fourth-order valence-electron chi connectivity index (χ4n) is 2.91. The molecule has 146 valence electrons. The van der Waals surface area contributed by atoms with Crippen LogP contribution in [0, 0.1) is 0 Å². The van der Waals surface area contributed by atoms with Crippen LogP contribution in [0.2, 0.25) is 0 Å². The summed E-state index contributed by atoms with van der Waals surface area (Å²) in [5.74, 6) is -0.596. The summed E-state index contributed by atoms with van der Waals surface area (Å²) in [6.07, 6.45) is -0.488. The number of aromatic nitrogens is 4. The van der Waals surface area contributed by atoms with E-state index in [-0.39, 0.29) is 35.6 Å². The molecule has 1 heterocycles. The van der Waals surface area contributed by atoms with Crippen LogP contribution in [-0.4, -0.2) is 38.2 Å². The van der Waals surface area contributed by atoms with Crippen LogP contribution in [0.5, 0.6) is 5.75 Å². The summed E-state index contributed by atoms with van der Waals surface area (Å²) in [7, 11) is 0. The number of carbonyl (C=O) groups excluding carboxylic acids is 1. The van der Waals surface area contributed by atoms with E-state index < -0.39 is 6.36 Å². The number of ether oxygens (including phenoxy) is 1. The normalized spacial score (nSPS) is 15.1. The van der Waals surface area contributed by atoms with Crippen LogP contribution < -0.4 is 10.1 Å². The molecule has 1 N–H and O–H groups in total. The molecule has 1 aromatic carbocycles. The zero-order chi connectivity index (χ0) is 19.3. The predicted molar refractivity (Wildman–Crippen MR) is 91.0 cm³/mol. The predicted octanol–water partition coefficient (Wildman–Crippen LogP) is 3.10. The number of hydrogen-bond donors (Lipinski definition) is 1. The van der Waals surface area contributed by atoms with E-state index in [0.717, 1.165) is 25.7 Å². The highest BCUT2D eigenvalue weighted by Gasteiger charge is 2.32. The molecule has 1 fully saturated rings. The smallest absolute Gasteiger partial charge is 0.405 e. The van der Waals surface area contributed by atoms with Gasteiger partial charge >= 0.3 is 6.36 Å². The third-order valence-electron chi connectivity index (χ3n) is 4.14. The number of rotatable bonds is 7. The Morgan fingerprint density at radius 1 is 1.30 bits per heavy atom. The number of alkyl halides is 3. The Morgan fingerprint density at radius 3 is 2.78 bits per heavy atom. The van der Waals surface area contributed by atoms with Crippen molar-refractivity contribution in [1.29, 1.82) is 0 Å². The fraction of sp³-hybridized carbons (Fsp3) is 0.500. The zero-order valence-electron chi connectivity index (χ0n) is 14.3. The minimum absolute atomic E-state index is 0.0649. The van der Waals surface area contributed by atoms with E-state index in [1.807, 2.05) is 0 Å². The van der Waals surface area contributed by atoms with Gasteiger partial charge < -0.3 is 10.1 Å². The molecule has 1 aliphatic carbocycles. The van der Waals surface area contributed by atoms with Gasteiger partial charge in [0.2, 0.25) is 11.1 Å². The van der Waals surface area contributed by atoms with Gasteiger partial charge in [0.1, 0.15) is 5.75 Å². The van der Waals surface area contributed by atoms with Crippen molar-refractivity contribution < 1.29 is 22.7 Å². The van der Waals surface area contributed by atoms with Crippen LogP contribution in [0.3, 0.4) is 0 Å². The number of hydrogen-bond acceptors (Lipinski definition) is 6. The Kier molecular flexibility index (Phi) is 6.19. The van der Waals surface area contributed by atoms with Gasteiger partial charge in [-0.2, -0.15) is 0 Å². The molecule has 1 amide bonds. The van der Waals surface area contributed by atoms with Crippen LogP contribution in [0.1, 0.15) is 37.3 Å². The standard InChI is InChI=1S/C16H18F3N5O2S/c17-16(18,19)26-13-8-4-1-5-11(13)9-20-14(25)10-27-15-21-22-23-24(15)12-6-2-3-7-12/h1,4-5,8,12H,2-3,6-7,9-10H2,(H,20,25). The Bertz CT molecular complexity index is 777. The molecule has 2 aromatic rings. The SMILES string of the molecule is O=C(CSc1nnnn1C1CCCC1)NCc1ccccc1OC(F)(F)F. The Balaban J connectivity index is 1.52. The van der Waals surface area contributed by atoms with Crippen LogP contribution in [-0.2, 0) is 11.3 Å². The first-order chi connectivity index (χ1) is 12.9. The molecular formula is C16H18F3N5O2S. The third-order valence-corrected chi connectivity index (χ3v) is 5.07. The van der Waals surface area contributed by atoms with Crippen molar-refractivity contribution in [3.63, 3.8) is 0 Å². The highest BCUT2D eigenvalue weighted by molar-refractivity contribution is 7.99. The van der Waals surface area contributed by atoms with Gasteiger partial charge in [0, 0.05) is 12.1 Å². The van der Waals surface area contributed by atoms with Crippen LogP contribution in [0.15, 0.2) is 29.4 Å². The number of para-hydroxylation sites is 1. The van der Waals surface area contributed by atoms with E-state index in [1.165, 1.54) is 30.0 Å². The van der Waals surface area contributed by atoms with E-state index >= 15 is 0 Å². The second-order valence-electron chi connectivity index (χ2n) is 6.07. The second kappa shape index (κ2) is 8.59. The molecule has 0 radical (unpaired) electrons. The summed E-state index contributed by atoms with van der Waals surface area (Å²) in [5.41, 5.74) is 0.240. The maximum Gasteiger partial charge on any atom is 0.573 e. The molecule has 0 unspecified atom stereocenters. The van der Waals surface area contributed by atoms with E-state index in [4.69, 9.17) is 0 Å².